The largest absolute Gasteiger partial charge is 0.378 e. The molecule has 2 aromatic rings. The lowest BCUT2D eigenvalue weighted by atomic mass is 9.97. The van der Waals surface area contributed by atoms with E-state index in [2.05, 4.69) is 52.5 Å². The first-order chi connectivity index (χ1) is 14.2. The smallest absolute Gasteiger partial charge is 0.276 e. The molecule has 0 aliphatic carbocycles. The van der Waals surface area contributed by atoms with E-state index >= 15 is 0 Å². The Kier molecular flexibility index (Phi) is 6.56. The molecule has 2 aliphatic rings. The van der Waals surface area contributed by atoms with Gasteiger partial charge in [0, 0.05) is 26.2 Å². The van der Waals surface area contributed by atoms with Gasteiger partial charge in [0.15, 0.2) is 5.69 Å². The highest BCUT2D eigenvalue weighted by molar-refractivity contribution is 5.92. The van der Waals surface area contributed by atoms with Crippen molar-refractivity contribution in [2.75, 3.05) is 45.9 Å². The van der Waals surface area contributed by atoms with Gasteiger partial charge in [-0.15, -0.1) is 5.10 Å². The fourth-order valence-corrected chi connectivity index (χ4v) is 4.21. The lowest BCUT2D eigenvalue weighted by molar-refractivity contribution is 0.0299. The highest BCUT2D eigenvalue weighted by Crippen LogP contribution is 2.24. The number of carbonyl (C=O) groups is 1. The average molecular weight is 398 g/mol. The van der Waals surface area contributed by atoms with Gasteiger partial charge in [-0.3, -0.25) is 4.79 Å². The van der Waals surface area contributed by atoms with Crippen molar-refractivity contribution in [3.63, 3.8) is 0 Å². The van der Waals surface area contributed by atoms with Gasteiger partial charge in [-0.25, -0.2) is 4.68 Å². The number of piperidine rings is 1. The molecule has 2 fully saturated rings. The van der Waals surface area contributed by atoms with Gasteiger partial charge in [0.1, 0.15) is 0 Å². The minimum atomic E-state index is -0.0353. The minimum Gasteiger partial charge on any atom is -0.378 e. The molecule has 0 unspecified atom stereocenters. The van der Waals surface area contributed by atoms with Gasteiger partial charge in [-0.05, 0) is 37.3 Å². The summed E-state index contributed by atoms with van der Waals surface area (Å²) < 4.78 is 7.22. The molecule has 0 radical (unpaired) electrons. The predicted octanol–water partition coefficient (Wildman–Crippen LogP) is 2.58. The number of ether oxygens (including phenoxy) is 1. The van der Waals surface area contributed by atoms with Crippen LogP contribution in [0.1, 0.15) is 54.2 Å². The predicted molar refractivity (Wildman–Crippen MR) is 111 cm³/mol. The molecule has 0 N–H and O–H groups in total. The first-order valence-electron chi connectivity index (χ1n) is 10.8. The molecule has 2 aliphatic heterocycles. The lowest BCUT2D eigenvalue weighted by Gasteiger charge is -2.32. The number of carbonyl (C=O) groups excluding carboxylic acids is 1. The van der Waals surface area contributed by atoms with Crippen LogP contribution < -0.4 is 0 Å². The zero-order valence-corrected chi connectivity index (χ0v) is 17.2. The van der Waals surface area contributed by atoms with Crippen molar-refractivity contribution in [3.8, 4) is 0 Å². The van der Waals surface area contributed by atoms with Crippen LogP contribution in [0.4, 0.5) is 0 Å². The third-order valence-electron chi connectivity index (χ3n) is 6.21. The number of hydrogen-bond acceptors (Lipinski definition) is 5. The summed E-state index contributed by atoms with van der Waals surface area (Å²) in [6, 6.07) is 11.1. The van der Waals surface area contributed by atoms with Crippen molar-refractivity contribution in [1.29, 1.82) is 0 Å². The molecule has 29 heavy (non-hydrogen) atoms. The standard InChI is InChI=1S/C22H31N5O2/c1-18(19-5-3-2-4-6-19)7-10-25-11-8-20(9-12-25)27-17-21(23-24-27)22(28)26-13-15-29-16-14-26/h2-6,17-18,20H,7-16H2,1H3/t18-/m1/s1. The molecule has 3 heterocycles. The normalized spacial score (nSPS) is 20.0. The third kappa shape index (κ3) is 5.03. The van der Waals surface area contributed by atoms with E-state index in [1.165, 1.54) is 12.0 Å². The van der Waals surface area contributed by atoms with Gasteiger partial charge in [0.05, 0.1) is 25.5 Å². The van der Waals surface area contributed by atoms with Crippen molar-refractivity contribution in [2.45, 2.75) is 38.1 Å². The van der Waals surface area contributed by atoms with Crippen molar-refractivity contribution in [2.24, 2.45) is 0 Å². The zero-order chi connectivity index (χ0) is 20.1. The minimum absolute atomic E-state index is 0.0353. The molecule has 156 valence electrons. The molecule has 0 bridgehead atoms. The van der Waals surface area contributed by atoms with E-state index in [1.807, 2.05) is 10.9 Å². The summed E-state index contributed by atoms with van der Waals surface area (Å²) in [5.41, 5.74) is 1.87. The van der Waals surface area contributed by atoms with Crippen LogP contribution in [0.2, 0.25) is 0 Å². The first kappa shape index (κ1) is 20.0. The fourth-order valence-electron chi connectivity index (χ4n) is 4.21. The van der Waals surface area contributed by atoms with Crippen LogP contribution in [0.25, 0.3) is 0 Å². The summed E-state index contributed by atoms with van der Waals surface area (Å²) in [5, 5.41) is 8.41. The van der Waals surface area contributed by atoms with Gasteiger partial charge in [-0.1, -0.05) is 42.5 Å². The van der Waals surface area contributed by atoms with Gasteiger partial charge in [-0.2, -0.15) is 0 Å². The van der Waals surface area contributed by atoms with E-state index in [9.17, 15) is 4.79 Å². The van der Waals surface area contributed by atoms with Crippen molar-refractivity contribution < 1.29 is 9.53 Å². The number of nitrogens with zero attached hydrogens (tertiary/aromatic N) is 5. The summed E-state index contributed by atoms with van der Waals surface area (Å²) in [5.74, 6) is 0.546. The number of morpholine rings is 1. The van der Waals surface area contributed by atoms with Crippen molar-refractivity contribution in [3.05, 3.63) is 47.8 Å². The Morgan fingerprint density at radius 2 is 1.86 bits per heavy atom. The number of amides is 1. The molecule has 0 spiro atoms. The van der Waals surface area contributed by atoms with E-state index in [-0.39, 0.29) is 5.91 Å². The van der Waals surface area contributed by atoms with Crippen LogP contribution in [-0.2, 0) is 4.74 Å². The third-order valence-corrected chi connectivity index (χ3v) is 6.21. The second-order valence-electron chi connectivity index (χ2n) is 8.16. The topological polar surface area (TPSA) is 63.5 Å². The second kappa shape index (κ2) is 9.50. The number of likely N-dealkylation sites (tertiary alicyclic amines) is 1. The number of benzene rings is 1. The molecule has 2 saturated heterocycles. The van der Waals surface area contributed by atoms with E-state index in [0.29, 0.717) is 44.0 Å². The van der Waals surface area contributed by atoms with E-state index < -0.39 is 0 Å². The van der Waals surface area contributed by atoms with Crippen LogP contribution in [-0.4, -0.2) is 76.6 Å². The summed E-state index contributed by atoms with van der Waals surface area (Å²) in [6.07, 6.45) is 5.11. The zero-order valence-electron chi connectivity index (χ0n) is 17.2. The van der Waals surface area contributed by atoms with Gasteiger partial charge >= 0.3 is 0 Å². The van der Waals surface area contributed by atoms with Crippen LogP contribution in [0.5, 0.6) is 0 Å². The van der Waals surface area contributed by atoms with Crippen LogP contribution in [0.3, 0.4) is 0 Å². The molecule has 0 saturated carbocycles. The Bertz CT molecular complexity index is 780. The second-order valence-corrected chi connectivity index (χ2v) is 8.16. The van der Waals surface area contributed by atoms with Crippen LogP contribution >= 0.6 is 0 Å². The Morgan fingerprint density at radius 3 is 2.59 bits per heavy atom. The number of rotatable bonds is 6. The molecule has 7 heteroatoms. The molecule has 4 rings (SSSR count). The van der Waals surface area contributed by atoms with Gasteiger partial charge < -0.3 is 14.5 Å². The van der Waals surface area contributed by atoms with E-state index in [0.717, 1.165) is 32.5 Å². The molecule has 1 aromatic carbocycles. The van der Waals surface area contributed by atoms with Gasteiger partial charge in [0.2, 0.25) is 0 Å². The molecular formula is C22H31N5O2. The average Bonchev–Trinajstić information content (AvgIpc) is 3.29. The van der Waals surface area contributed by atoms with Crippen LogP contribution in [0, 0.1) is 0 Å². The lowest BCUT2D eigenvalue weighted by Crippen LogP contribution is -2.40. The maximum absolute atomic E-state index is 12.6. The molecule has 1 aromatic heterocycles. The Morgan fingerprint density at radius 1 is 1.14 bits per heavy atom. The summed E-state index contributed by atoms with van der Waals surface area (Å²) >= 11 is 0. The van der Waals surface area contributed by atoms with Crippen molar-refractivity contribution in [1.82, 2.24) is 24.8 Å². The molecule has 1 amide bonds. The fraction of sp³-hybridized carbons (Fsp3) is 0.591. The summed E-state index contributed by atoms with van der Waals surface area (Å²) in [4.78, 5) is 16.9. The molecule has 7 nitrogen and oxygen atoms in total. The molecular weight excluding hydrogens is 366 g/mol. The summed E-state index contributed by atoms with van der Waals surface area (Å²) in [6.45, 7) is 8.03. The molecule has 1 atom stereocenters. The van der Waals surface area contributed by atoms with Crippen LogP contribution in [0.15, 0.2) is 36.5 Å². The first-order valence-corrected chi connectivity index (χ1v) is 10.8. The van der Waals surface area contributed by atoms with E-state index in [4.69, 9.17) is 4.74 Å². The Hall–Kier alpha value is -2.25. The quantitative estimate of drug-likeness (QED) is 0.750. The highest BCUT2D eigenvalue weighted by Gasteiger charge is 2.25. The van der Waals surface area contributed by atoms with Gasteiger partial charge in [0.25, 0.3) is 5.91 Å². The Labute approximate surface area is 172 Å². The van der Waals surface area contributed by atoms with E-state index in [1.54, 1.807) is 4.90 Å². The number of aromatic nitrogens is 3. The monoisotopic (exact) mass is 397 g/mol. The Balaban J connectivity index is 1.24. The number of hydrogen-bond donors (Lipinski definition) is 0. The maximum atomic E-state index is 12.6. The summed E-state index contributed by atoms with van der Waals surface area (Å²) in [7, 11) is 0. The maximum Gasteiger partial charge on any atom is 0.276 e. The van der Waals surface area contributed by atoms with Crippen molar-refractivity contribution >= 4 is 5.91 Å². The SMILES string of the molecule is C[C@H](CCN1CCC(n2cc(C(=O)N3CCOCC3)nn2)CC1)c1ccccc1. The highest BCUT2D eigenvalue weighted by atomic mass is 16.5.